The molecule has 5 rings (SSSR count). The van der Waals surface area contributed by atoms with Crippen molar-refractivity contribution in [2.24, 2.45) is 23.2 Å². The summed E-state index contributed by atoms with van der Waals surface area (Å²) in [6.07, 6.45) is 6.53. The molecule has 24 heavy (non-hydrogen) atoms. The van der Waals surface area contributed by atoms with Crippen molar-refractivity contribution in [3.63, 3.8) is 0 Å². The molecule has 4 aliphatic carbocycles. The first-order chi connectivity index (χ1) is 11.3. The van der Waals surface area contributed by atoms with Crippen LogP contribution in [0.2, 0.25) is 0 Å². The molecule has 0 atom stereocenters. The van der Waals surface area contributed by atoms with Gasteiger partial charge in [0.15, 0.2) is 0 Å². The van der Waals surface area contributed by atoms with Crippen molar-refractivity contribution in [3.8, 4) is 0 Å². The van der Waals surface area contributed by atoms with Crippen molar-refractivity contribution in [3.05, 3.63) is 15.8 Å². The van der Waals surface area contributed by atoms with Gasteiger partial charge in [0, 0.05) is 9.75 Å². The van der Waals surface area contributed by atoms with Crippen LogP contribution in [-0.2, 0) is 14.8 Å². The molecule has 1 amide bonds. The highest BCUT2D eigenvalue weighted by Gasteiger charge is 2.54. The highest BCUT2D eigenvalue weighted by Crippen LogP contribution is 2.60. The summed E-state index contributed by atoms with van der Waals surface area (Å²) in [4.78, 5) is 17.1. The van der Waals surface area contributed by atoms with Gasteiger partial charge in [-0.25, -0.2) is 8.42 Å². The predicted octanol–water partition coefficient (Wildman–Crippen LogP) is 2.89. The quantitative estimate of drug-likeness (QED) is 0.803. The first kappa shape index (κ1) is 16.5. The van der Waals surface area contributed by atoms with Crippen LogP contribution in [-0.4, -0.2) is 14.3 Å². The van der Waals surface area contributed by atoms with E-state index in [1.54, 1.807) is 13.0 Å². The van der Waals surface area contributed by atoms with Crippen LogP contribution in [0.1, 0.15) is 48.3 Å². The summed E-state index contributed by atoms with van der Waals surface area (Å²) in [7, 11) is -3.71. The van der Waals surface area contributed by atoms with Gasteiger partial charge in [-0.15, -0.1) is 16.2 Å². The Labute approximate surface area is 147 Å². The minimum Gasteiger partial charge on any atom is -0.277 e. The van der Waals surface area contributed by atoms with Gasteiger partial charge in [0.05, 0.1) is 10.3 Å². The third kappa shape index (κ3) is 2.70. The number of nitrogens with one attached hydrogen (secondary N) is 2. The van der Waals surface area contributed by atoms with E-state index in [0.29, 0.717) is 17.8 Å². The summed E-state index contributed by atoms with van der Waals surface area (Å²) < 4.78 is 25.0. The standard InChI is InChI=1S/C17H24N2O3S2/c1-10-3-15(11(2)23-10)24(21,22)19-18-16(20)17-7-12-4-13(8-17)6-14(5-12)9-17/h3,12-14,19H,4-9H2,1-2H3,(H,18,20). The summed E-state index contributed by atoms with van der Waals surface area (Å²) in [6, 6.07) is 1.65. The maximum Gasteiger partial charge on any atom is 0.258 e. The minimum absolute atomic E-state index is 0.130. The third-order valence-electron chi connectivity index (χ3n) is 6.10. The maximum atomic E-state index is 12.8. The van der Waals surface area contributed by atoms with E-state index in [-0.39, 0.29) is 16.2 Å². The largest absolute Gasteiger partial charge is 0.277 e. The molecule has 2 N–H and O–H groups in total. The molecule has 5 nitrogen and oxygen atoms in total. The molecule has 0 saturated heterocycles. The zero-order chi connectivity index (χ0) is 17.1. The second kappa shape index (κ2) is 5.54. The molecule has 0 radical (unpaired) electrons. The molecule has 1 aromatic rings. The molecular weight excluding hydrogens is 344 g/mol. The molecular formula is C17H24N2O3S2. The molecule has 0 aliphatic heterocycles. The van der Waals surface area contributed by atoms with Crippen molar-refractivity contribution >= 4 is 27.3 Å². The van der Waals surface area contributed by atoms with Gasteiger partial charge in [-0.2, -0.15) is 0 Å². The molecule has 4 saturated carbocycles. The second-order valence-corrected chi connectivity index (χ2v) is 11.1. The lowest BCUT2D eigenvalue weighted by molar-refractivity contribution is -0.146. The van der Waals surface area contributed by atoms with E-state index in [2.05, 4.69) is 10.3 Å². The Balaban J connectivity index is 1.48. The van der Waals surface area contributed by atoms with Crippen LogP contribution >= 0.6 is 11.3 Å². The first-order valence-corrected chi connectivity index (χ1v) is 11.0. The number of rotatable bonds is 4. The number of amides is 1. The lowest BCUT2D eigenvalue weighted by atomic mass is 9.49. The molecule has 7 heteroatoms. The van der Waals surface area contributed by atoms with Crippen LogP contribution in [0.4, 0.5) is 0 Å². The van der Waals surface area contributed by atoms with E-state index in [9.17, 15) is 13.2 Å². The molecule has 4 fully saturated rings. The van der Waals surface area contributed by atoms with Gasteiger partial charge in [0.25, 0.3) is 10.0 Å². The van der Waals surface area contributed by atoms with Gasteiger partial charge in [-0.1, -0.05) is 0 Å². The van der Waals surface area contributed by atoms with Crippen LogP contribution in [0.15, 0.2) is 11.0 Å². The number of thiophene rings is 1. The number of hydrogen-bond acceptors (Lipinski definition) is 4. The normalized spacial score (nSPS) is 34.5. The Kier molecular flexibility index (Phi) is 3.82. The number of hydrogen-bond donors (Lipinski definition) is 2. The Morgan fingerprint density at radius 3 is 2.12 bits per heavy atom. The zero-order valence-corrected chi connectivity index (χ0v) is 15.7. The Hall–Kier alpha value is -0.920. The monoisotopic (exact) mass is 368 g/mol. The van der Waals surface area contributed by atoms with Crippen LogP contribution < -0.4 is 10.3 Å². The van der Waals surface area contributed by atoms with Crippen molar-refractivity contribution < 1.29 is 13.2 Å². The highest BCUT2D eigenvalue weighted by atomic mass is 32.2. The van der Waals surface area contributed by atoms with Crippen molar-refractivity contribution in [1.29, 1.82) is 0 Å². The predicted molar refractivity (Wildman–Crippen MR) is 92.9 cm³/mol. The summed E-state index contributed by atoms with van der Waals surface area (Å²) in [5.41, 5.74) is 2.19. The van der Waals surface area contributed by atoms with Gasteiger partial charge >= 0.3 is 0 Å². The third-order valence-corrected chi connectivity index (χ3v) is 8.57. The van der Waals surface area contributed by atoms with Crippen LogP contribution in [0.25, 0.3) is 0 Å². The Morgan fingerprint density at radius 2 is 1.67 bits per heavy atom. The molecule has 1 aromatic heterocycles. The van der Waals surface area contributed by atoms with Crippen LogP contribution in [0, 0.1) is 37.0 Å². The summed E-state index contributed by atoms with van der Waals surface area (Å²) >= 11 is 1.45. The zero-order valence-electron chi connectivity index (χ0n) is 14.1. The second-order valence-electron chi connectivity index (χ2n) is 8.03. The van der Waals surface area contributed by atoms with E-state index in [1.165, 1.54) is 30.6 Å². The lowest BCUT2D eigenvalue weighted by Crippen LogP contribution is -2.56. The molecule has 1 heterocycles. The molecule has 4 aliphatic rings. The van der Waals surface area contributed by atoms with E-state index in [1.807, 2.05) is 6.92 Å². The molecule has 0 unspecified atom stereocenters. The molecule has 0 spiro atoms. The Morgan fingerprint density at radius 1 is 1.12 bits per heavy atom. The fourth-order valence-corrected chi connectivity index (χ4v) is 7.96. The Bertz CT molecular complexity index is 746. The van der Waals surface area contributed by atoms with E-state index in [4.69, 9.17) is 0 Å². The van der Waals surface area contributed by atoms with Gasteiger partial charge in [-0.3, -0.25) is 10.2 Å². The van der Waals surface area contributed by atoms with E-state index < -0.39 is 10.0 Å². The maximum absolute atomic E-state index is 12.8. The number of carbonyl (C=O) groups is 1. The van der Waals surface area contributed by atoms with E-state index >= 15 is 0 Å². The summed E-state index contributed by atoms with van der Waals surface area (Å²) in [5.74, 6) is 1.83. The lowest BCUT2D eigenvalue weighted by Gasteiger charge is -2.55. The number of sulfonamides is 1. The van der Waals surface area contributed by atoms with Gasteiger partial charge in [0.2, 0.25) is 5.91 Å². The van der Waals surface area contributed by atoms with Crippen molar-refractivity contribution in [2.45, 2.75) is 57.3 Å². The fraction of sp³-hybridized carbons (Fsp3) is 0.706. The first-order valence-electron chi connectivity index (χ1n) is 8.67. The molecule has 132 valence electrons. The minimum atomic E-state index is -3.71. The van der Waals surface area contributed by atoms with Crippen LogP contribution in [0.3, 0.4) is 0 Å². The number of aryl methyl sites for hydroxylation is 2. The van der Waals surface area contributed by atoms with Gasteiger partial charge in [0.1, 0.15) is 0 Å². The smallest absolute Gasteiger partial charge is 0.258 e. The highest BCUT2D eigenvalue weighted by molar-refractivity contribution is 7.89. The molecule has 0 aromatic carbocycles. The number of hydrazine groups is 1. The number of carbonyl (C=O) groups excluding carboxylic acids is 1. The summed E-state index contributed by atoms with van der Waals surface area (Å²) in [5, 5.41) is 0. The summed E-state index contributed by atoms with van der Waals surface area (Å²) in [6.45, 7) is 3.66. The van der Waals surface area contributed by atoms with Gasteiger partial charge < -0.3 is 0 Å². The fourth-order valence-electron chi connectivity index (χ4n) is 5.56. The van der Waals surface area contributed by atoms with Crippen LogP contribution in [0.5, 0.6) is 0 Å². The van der Waals surface area contributed by atoms with Gasteiger partial charge in [-0.05, 0) is 76.2 Å². The molecule has 4 bridgehead atoms. The van der Waals surface area contributed by atoms with Crippen molar-refractivity contribution in [2.75, 3.05) is 0 Å². The van der Waals surface area contributed by atoms with Crippen molar-refractivity contribution in [1.82, 2.24) is 10.3 Å². The SMILES string of the molecule is Cc1cc(S(=O)(=O)NNC(=O)C23CC4CC(CC(C4)C2)C3)c(C)s1. The topological polar surface area (TPSA) is 75.3 Å². The van der Waals surface area contributed by atoms with E-state index in [0.717, 1.165) is 29.0 Å². The average molecular weight is 369 g/mol. The average Bonchev–Trinajstić information content (AvgIpc) is 2.83.